The summed E-state index contributed by atoms with van der Waals surface area (Å²) >= 11 is 0. The molecule has 34 heavy (non-hydrogen) atoms. The maximum Gasteiger partial charge on any atom is 0.416 e. The van der Waals surface area contributed by atoms with Gasteiger partial charge in [0.1, 0.15) is 5.75 Å². The van der Waals surface area contributed by atoms with Gasteiger partial charge in [-0.15, -0.1) is 0 Å². The summed E-state index contributed by atoms with van der Waals surface area (Å²) in [4.78, 5) is 14.4. The molecule has 0 bridgehead atoms. The van der Waals surface area contributed by atoms with E-state index in [9.17, 15) is 26.4 Å². The lowest BCUT2D eigenvalue weighted by atomic mass is 10.0. The molecule has 1 atom stereocenters. The van der Waals surface area contributed by atoms with Crippen LogP contribution in [0.3, 0.4) is 0 Å². The van der Waals surface area contributed by atoms with E-state index >= 15 is 0 Å². The van der Waals surface area contributed by atoms with Gasteiger partial charge < -0.3 is 10.1 Å². The lowest BCUT2D eigenvalue weighted by Crippen LogP contribution is -2.44. The predicted octanol–water partition coefficient (Wildman–Crippen LogP) is 3.24. The number of rotatable bonds is 10. The zero-order chi connectivity index (χ0) is 24.6. The Balaban J connectivity index is 1.57. The molecule has 3 rings (SSSR count). The molecule has 10 heteroatoms. The second-order valence-electron chi connectivity index (χ2n) is 8.27. The largest absolute Gasteiger partial charge is 0.416 e. The number of amides is 1. The summed E-state index contributed by atoms with van der Waals surface area (Å²) in [5.74, 6) is -1.34. The fourth-order valence-electron chi connectivity index (χ4n) is 3.92. The van der Waals surface area contributed by atoms with Crippen molar-refractivity contribution < 1.29 is 31.1 Å². The van der Waals surface area contributed by atoms with Gasteiger partial charge in [0.2, 0.25) is 5.91 Å². The topological polar surface area (TPSA) is 75.7 Å². The number of hydrogen-bond donors (Lipinski definition) is 1. The molecule has 1 saturated heterocycles. The van der Waals surface area contributed by atoms with Gasteiger partial charge in [-0.25, -0.2) is 8.42 Å². The molecular weight excluding hydrogens is 469 g/mol. The van der Waals surface area contributed by atoms with Crippen molar-refractivity contribution in [1.29, 1.82) is 0 Å². The molecule has 6 nitrogen and oxygen atoms in total. The minimum atomic E-state index is -4.43. The van der Waals surface area contributed by atoms with Crippen molar-refractivity contribution in [3.05, 3.63) is 71.3 Å². The van der Waals surface area contributed by atoms with E-state index in [1.165, 1.54) is 12.1 Å². The zero-order valence-corrected chi connectivity index (χ0v) is 19.6. The minimum Gasteiger partial charge on any atom is -0.379 e. The molecule has 0 aliphatic carbocycles. The molecule has 2 aromatic carbocycles. The summed E-state index contributed by atoms with van der Waals surface area (Å²) in [6.07, 6.45) is -3.41. The number of hydrogen-bond acceptors (Lipinski definition) is 5. The summed E-state index contributed by atoms with van der Waals surface area (Å²) in [6, 6.07) is 13.9. The van der Waals surface area contributed by atoms with Crippen LogP contribution < -0.4 is 5.32 Å². The highest BCUT2D eigenvalue weighted by Crippen LogP contribution is 2.31. The van der Waals surface area contributed by atoms with Crippen LogP contribution in [0.5, 0.6) is 0 Å². The van der Waals surface area contributed by atoms with Gasteiger partial charge in [-0.1, -0.05) is 42.5 Å². The first kappa shape index (κ1) is 26.2. The Morgan fingerprint density at radius 2 is 1.68 bits per heavy atom. The highest BCUT2D eigenvalue weighted by atomic mass is 32.2. The van der Waals surface area contributed by atoms with Crippen molar-refractivity contribution in [3.63, 3.8) is 0 Å². The van der Waals surface area contributed by atoms with E-state index in [4.69, 9.17) is 4.74 Å². The molecule has 0 aromatic heterocycles. The van der Waals surface area contributed by atoms with E-state index in [0.717, 1.165) is 17.7 Å². The van der Waals surface area contributed by atoms with Gasteiger partial charge in [-0.05, 0) is 36.1 Å². The van der Waals surface area contributed by atoms with Crippen LogP contribution in [-0.2, 0) is 32.0 Å². The molecule has 1 unspecified atom stereocenters. The Morgan fingerprint density at radius 3 is 2.29 bits per heavy atom. The fraction of sp³-hybridized carbons (Fsp3) is 0.458. The molecule has 1 aliphatic rings. The molecule has 0 saturated carbocycles. The van der Waals surface area contributed by atoms with E-state index in [0.29, 0.717) is 44.7 Å². The number of nitrogens with zero attached hydrogens (tertiary/aromatic N) is 1. The molecule has 1 N–H and O–H groups in total. The van der Waals surface area contributed by atoms with E-state index in [-0.39, 0.29) is 12.3 Å². The predicted molar refractivity (Wildman–Crippen MR) is 123 cm³/mol. The Hall–Kier alpha value is -2.43. The van der Waals surface area contributed by atoms with Crippen molar-refractivity contribution in [2.75, 3.05) is 44.4 Å². The maximum atomic E-state index is 12.9. The van der Waals surface area contributed by atoms with E-state index in [1.807, 2.05) is 35.2 Å². The first-order valence-corrected chi connectivity index (χ1v) is 13.0. The fourth-order valence-corrected chi connectivity index (χ4v) is 5.15. The summed E-state index contributed by atoms with van der Waals surface area (Å²) in [5.41, 5.74) is 0.899. The van der Waals surface area contributed by atoms with Crippen molar-refractivity contribution in [2.45, 2.75) is 25.1 Å². The SMILES string of the molecule is O=C(CS(=O)(=O)CCCc1ccccc1)NCC(c1ccc(C(F)(F)F)cc1)N1CCOCC1. The third-order valence-electron chi connectivity index (χ3n) is 5.72. The van der Waals surface area contributed by atoms with Gasteiger partial charge in [0, 0.05) is 19.6 Å². The van der Waals surface area contributed by atoms with E-state index in [2.05, 4.69) is 5.32 Å². The molecule has 186 valence electrons. The van der Waals surface area contributed by atoms with Crippen molar-refractivity contribution >= 4 is 15.7 Å². The second kappa shape index (κ2) is 11.8. The molecule has 1 amide bonds. The lowest BCUT2D eigenvalue weighted by Gasteiger charge is -2.35. The average Bonchev–Trinajstić information content (AvgIpc) is 2.80. The van der Waals surface area contributed by atoms with Gasteiger partial charge in [0.15, 0.2) is 9.84 Å². The highest BCUT2D eigenvalue weighted by molar-refractivity contribution is 7.92. The maximum absolute atomic E-state index is 12.9. The standard InChI is InChI=1S/C24H29F3N2O4S/c25-24(26,27)21-10-8-20(9-11-21)22(29-12-14-33-15-13-29)17-28-23(30)18-34(31,32)16-4-7-19-5-2-1-3-6-19/h1-3,5-6,8-11,22H,4,7,12-18H2,(H,28,30). The van der Waals surface area contributed by atoms with Crippen molar-refractivity contribution in [1.82, 2.24) is 10.2 Å². The van der Waals surface area contributed by atoms with Crippen molar-refractivity contribution in [2.24, 2.45) is 0 Å². The number of carbonyl (C=O) groups is 1. The number of alkyl halides is 3. The smallest absolute Gasteiger partial charge is 0.379 e. The van der Waals surface area contributed by atoms with Gasteiger partial charge in [-0.3, -0.25) is 9.69 Å². The first-order chi connectivity index (χ1) is 16.1. The third-order valence-corrected chi connectivity index (χ3v) is 7.33. The molecule has 1 fully saturated rings. The quantitative estimate of drug-likeness (QED) is 0.545. The summed E-state index contributed by atoms with van der Waals surface area (Å²) < 4.78 is 68.9. The molecule has 0 radical (unpaired) electrons. The number of nitrogens with one attached hydrogen (secondary N) is 1. The van der Waals surface area contributed by atoms with Crippen LogP contribution in [0.2, 0.25) is 0 Å². The summed E-state index contributed by atoms with van der Waals surface area (Å²) in [6.45, 7) is 2.14. The normalized spacial score (nSPS) is 16.2. The Labute approximate surface area is 198 Å². The van der Waals surface area contributed by atoms with Crippen LogP contribution >= 0.6 is 0 Å². The van der Waals surface area contributed by atoms with Crippen LogP contribution in [0, 0.1) is 0 Å². The van der Waals surface area contributed by atoms with E-state index < -0.39 is 39.3 Å². The number of ether oxygens (including phenoxy) is 1. The van der Waals surface area contributed by atoms with E-state index in [1.54, 1.807) is 0 Å². The van der Waals surface area contributed by atoms with Gasteiger partial charge in [0.05, 0.1) is 30.6 Å². The number of sulfone groups is 1. The second-order valence-corrected chi connectivity index (χ2v) is 10.5. The number of halogens is 3. The molecule has 2 aromatic rings. The summed E-state index contributed by atoms with van der Waals surface area (Å²) in [7, 11) is -3.58. The number of benzene rings is 2. The first-order valence-electron chi connectivity index (χ1n) is 11.1. The Bertz CT molecular complexity index is 1020. The number of morpholine rings is 1. The summed E-state index contributed by atoms with van der Waals surface area (Å²) in [5, 5.41) is 2.66. The number of aryl methyl sites for hydroxylation is 1. The van der Waals surface area contributed by atoms with Gasteiger partial charge in [-0.2, -0.15) is 13.2 Å². The van der Waals surface area contributed by atoms with Crippen LogP contribution in [0.15, 0.2) is 54.6 Å². The minimum absolute atomic E-state index is 0.0870. The van der Waals surface area contributed by atoms with Crippen molar-refractivity contribution in [3.8, 4) is 0 Å². The third kappa shape index (κ3) is 8.11. The zero-order valence-electron chi connectivity index (χ0n) is 18.8. The van der Waals surface area contributed by atoms with Crippen LogP contribution in [0.1, 0.15) is 29.2 Å². The molecule has 1 aliphatic heterocycles. The van der Waals surface area contributed by atoms with Crippen LogP contribution in [0.25, 0.3) is 0 Å². The lowest BCUT2D eigenvalue weighted by molar-refractivity contribution is -0.137. The Morgan fingerprint density at radius 1 is 1.03 bits per heavy atom. The molecule has 1 heterocycles. The molecular formula is C24H29F3N2O4S. The van der Waals surface area contributed by atoms with Gasteiger partial charge >= 0.3 is 6.18 Å². The monoisotopic (exact) mass is 498 g/mol. The molecule has 0 spiro atoms. The van der Waals surface area contributed by atoms with Crippen LogP contribution in [-0.4, -0.2) is 63.6 Å². The highest BCUT2D eigenvalue weighted by Gasteiger charge is 2.31. The number of carbonyl (C=O) groups excluding carboxylic acids is 1. The van der Waals surface area contributed by atoms with Crippen LogP contribution in [0.4, 0.5) is 13.2 Å². The van der Waals surface area contributed by atoms with Gasteiger partial charge in [0.25, 0.3) is 0 Å². The average molecular weight is 499 g/mol. The Kier molecular flexibility index (Phi) is 9.10.